The fraction of sp³-hybridized carbons (Fsp3) is 0.190. The van der Waals surface area contributed by atoms with E-state index in [9.17, 15) is 9.18 Å². The molecule has 1 amide bonds. The lowest BCUT2D eigenvalue weighted by atomic mass is 10.1. The number of benzene rings is 2. The van der Waals surface area contributed by atoms with Crippen molar-refractivity contribution in [1.82, 2.24) is 9.97 Å². The molecule has 0 bridgehead atoms. The topological polar surface area (TPSA) is 66.9 Å². The van der Waals surface area contributed by atoms with Crippen LogP contribution in [0.15, 0.2) is 54.7 Å². The van der Waals surface area contributed by atoms with Crippen LogP contribution in [0.3, 0.4) is 0 Å². The Kier molecular flexibility index (Phi) is 5.76. The summed E-state index contributed by atoms with van der Waals surface area (Å²) in [4.78, 5) is 20.9. The molecular formula is C21H21FN4O. The summed E-state index contributed by atoms with van der Waals surface area (Å²) in [5.41, 5.74) is 3.39. The van der Waals surface area contributed by atoms with Crippen molar-refractivity contribution >= 4 is 17.5 Å². The average molecular weight is 364 g/mol. The number of carbonyl (C=O) groups excluding carboxylic acids is 1. The van der Waals surface area contributed by atoms with Gasteiger partial charge in [-0.15, -0.1) is 0 Å². The highest BCUT2D eigenvalue weighted by Crippen LogP contribution is 2.14. The number of aromatic nitrogens is 2. The van der Waals surface area contributed by atoms with Crippen LogP contribution in [0.5, 0.6) is 0 Å². The molecule has 0 saturated carbocycles. The van der Waals surface area contributed by atoms with Crippen LogP contribution >= 0.6 is 0 Å². The molecule has 0 aliphatic carbocycles. The minimum absolute atomic E-state index is 0.265. The first-order valence-electron chi connectivity index (χ1n) is 8.78. The molecule has 1 aromatic heterocycles. The number of hydrogen-bond acceptors (Lipinski definition) is 4. The average Bonchev–Trinajstić information content (AvgIpc) is 2.68. The predicted octanol–water partition coefficient (Wildman–Crippen LogP) is 4.35. The first-order chi connectivity index (χ1) is 13.1. The second-order valence-corrected chi connectivity index (χ2v) is 6.14. The minimum Gasteiger partial charge on any atom is -0.350 e. The Hall–Kier alpha value is -3.28. The van der Waals surface area contributed by atoms with Crippen LogP contribution in [0.4, 0.5) is 16.0 Å². The van der Waals surface area contributed by atoms with E-state index >= 15 is 0 Å². The number of anilines is 2. The molecule has 0 radical (unpaired) electrons. The first kappa shape index (κ1) is 18.5. The third kappa shape index (κ3) is 4.67. The number of nitrogens with zero attached hydrogens (tertiary/aromatic N) is 2. The van der Waals surface area contributed by atoms with Crippen LogP contribution in [0.2, 0.25) is 0 Å². The van der Waals surface area contributed by atoms with Gasteiger partial charge < -0.3 is 10.6 Å². The van der Waals surface area contributed by atoms with Crippen LogP contribution < -0.4 is 10.6 Å². The van der Waals surface area contributed by atoms with Crippen molar-refractivity contribution in [3.8, 4) is 0 Å². The number of halogens is 1. The smallest absolute Gasteiger partial charge is 0.259 e. The SMILES string of the molecule is CCc1ccc(NC(=O)c2cnc(NCc3ccccc3F)nc2C)cc1. The molecular weight excluding hydrogens is 343 g/mol. The third-order valence-electron chi connectivity index (χ3n) is 4.24. The molecule has 27 heavy (non-hydrogen) atoms. The summed E-state index contributed by atoms with van der Waals surface area (Å²) >= 11 is 0. The minimum atomic E-state index is -0.285. The lowest BCUT2D eigenvalue weighted by Gasteiger charge is -2.10. The van der Waals surface area contributed by atoms with Crippen LogP contribution in [0, 0.1) is 12.7 Å². The van der Waals surface area contributed by atoms with Crippen molar-refractivity contribution in [1.29, 1.82) is 0 Å². The lowest BCUT2D eigenvalue weighted by molar-refractivity contribution is 0.102. The molecule has 0 spiro atoms. The fourth-order valence-electron chi connectivity index (χ4n) is 2.61. The van der Waals surface area contributed by atoms with Gasteiger partial charge in [-0.25, -0.2) is 14.4 Å². The quantitative estimate of drug-likeness (QED) is 0.682. The summed E-state index contributed by atoms with van der Waals surface area (Å²) in [5.74, 6) is -0.205. The monoisotopic (exact) mass is 364 g/mol. The molecule has 1 heterocycles. The van der Waals surface area contributed by atoms with Crippen LogP contribution in [0.1, 0.15) is 34.1 Å². The van der Waals surface area contributed by atoms with Gasteiger partial charge in [0.1, 0.15) is 5.82 Å². The van der Waals surface area contributed by atoms with Gasteiger partial charge in [-0.1, -0.05) is 37.3 Å². The highest BCUT2D eigenvalue weighted by molar-refractivity contribution is 6.04. The van der Waals surface area contributed by atoms with Crippen molar-refractivity contribution in [2.24, 2.45) is 0 Å². The number of rotatable bonds is 6. The van der Waals surface area contributed by atoms with Crippen molar-refractivity contribution in [2.45, 2.75) is 26.8 Å². The number of carbonyl (C=O) groups is 1. The van der Waals surface area contributed by atoms with Gasteiger partial charge >= 0.3 is 0 Å². The summed E-state index contributed by atoms with van der Waals surface area (Å²) < 4.78 is 13.7. The number of aryl methyl sites for hydroxylation is 2. The second kappa shape index (κ2) is 8.40. The standard InChI is InChI=1S/C21H21FN4O/c1-3-15-8-10-17(11-9-15)26-20(27)18-13-24-21(25-14(18)2)23-12-16-6-4-5-7-19(16)22/h4-11,13H,3,12H2,1-2H3,(H,26,27)(H,23,24,25). The molecule has 0 aliphatic heterocycles. The van der Waals surface area contributed by atoms with Crippen LogP contribution in [-0.2, 0) is 13.0 Å². The highest BCUT2D eigenvalue weighted by Gasteiger charge is 2.12. The second-order valence-electron chi connectivity index (χ2n) is 6.14. The van der Waals surface area contributed by atoms with E-state index in [0.717, 1.165) is 12.1 Å². The summed E-state index contributed by atoms with van der Waals surface area (Å²) in [6, 6.07) is 14.2. The van der Waals surface area contributed by atoms with E-state index in [4.69, 9.17) is 0 Å². The maximum Gasteiger partial charge on any atom is 0.259 e. The molecule has 0 fully saturated rings. The van der Waals surface area contributed by atoms with Gasteiger partial charge in [0, 0.05) is 24.0 Å². The largest absolute Gasteiger partial charge is 0.350 e. The van der Waals surface area contributed by atoms with E-state index in [1.165, 1.54) is 17.8 Å². The molecule has 2 N–H and O–H groups in total. The molecule has 0 atom stereocenters. The Morgan fingerprint density at radius 1 is 1.11 bits per heavy atom. The molecule has 5 nitrogen and oxygen atoms in total. The van der Waals surface area contributed by atoms with Gasteiger partial charge in [0.15, 0.2) is 0 Å². The van der Waals surface area contributed by atoms with Crippen LogP contribution in [0.25, 0.3) is 0 Å². The van der Waals surface area contributed by atoms with E-state index in [-0.39, 0.29) is 18.3 Å². The van der Waals surface area contributed by atoms with Crippen molar-refractivity contribution in [2.75, 3.05) is 10.6 Å². The Bertz CT molecular complexity index is 941. The zero-order valence-electron chi connectivity index (χ0n) is 15.3. The lowest BCUT2D eigenvalue weighted by Crippen LogP contribution is -2.16. The van der Waals surface area contributed by atoms with Gasteiger partial charge in [-0.2, -0.15) is 0 Å². The van der Waals surface area contributed by atoms with Crippen molar-refractivity contribution < 1.29 is 9.18 Å². The maximum absolute atomic E-state index is 13.7. The third-order valence-corrected chi connectivity index (χ3v) is 4.24. The van der Waals surface area contributed by atoms with Crippen molar-refractivity contribution in [3.05, 3.63) is 82.9 Å². The zero-order chi connectivity index (χ0) is 19.2. The van der Waals surface area contributed by atoms with Gasteiger partial charge in [-0.05, 0) is 37.1 Å². The number of hydrogen-bond donors (Lipinski definition) is 2. The summed E-state index contributed by atoms with van der Waals surface area (Å²) in [7, 11) is 0. The van der Waals surface area contributed by atoms with E-state index in [1.54, 1.807) is 25.1 Å². The van der Waals surface area contributed by atoms with Gasteiger partial charge in [-0.3, -0.25) is 4.79 Å². The summed E-state index contributed by atoms with van der Waals surface area (Å²) in [5, 5.41) is 5.82. The van der Waals surface area contributed by atoms with E-state index in [0.29, 0.717) is 22.8 Å². The molecule has 0 aliphatic rings. The first-order valence-corrected chi connectivity index (χ1v) is 8.78. The fourth-order valence-corrected chi connectivity index (χ4v) is 2.61. The van der Waals surface area contributed by atoms with Gasteiger partial charge in [0.25, 0.3) is 5.91 Å². The summed E-state index contributed by atoms with van der Waals surface area (Å²) in [6.45, 7) is 4.09. The van der Waals surface area contributed by atoms with Crippen molar-refractivity contribution in [3.63, 3.8) is 0 Å². The van der Waals surface area contributed by atoms with Crippen LogP contribution in [-0.4, -0.2) is 15.9 Å². The number of amides is 1. The van der Waals surface area contributed by atoms with E-state index in [2.05, 4.69) is 27.5 Å². The Labute approximate surface area is 157 Å². The molecule has 3 rings (SSSR count). The molecule has 138 valence electrons. The maximum atomic E-state index is 13.7. The zero-order valence-corrected chi connectivity index (χ0v) is 15.3. The predicted molar refractivity (Wildman–Crippen MR) is 104 cm³/mol. The van der Waals surface area contributed by atoms with Gasteiger partial charge in [0.05, 0.1) is 11.3 Å². The Balaban J connectivity index is 1.66. The Morgan fingerprint density at radius 2 is 1.85 bits per heavy atom. The van der Waals surface area contributed by atoms with Gasteiger partial charge in [0.2, 0.25) is 5.95 Å². The number of nitrogens with one attached hydrogen (secondary N) is 2. The normalized spacial score (nSPS) is 10.5. The molecule has 0 unspecified atom stereocenters. The molecule has 3 aromatic rings. The highest BCUT2D eigenvalue weighted by atomic mass is 19.1. The molecule has 6 heteroatoms. The summed E-state index contributed by atoms with van der Waals surface area (Å²) in [6.07, 6.45) is 2.42. The van der Waals surface area contributed by atoms with E-state index in [1.807, 2.05) is 24.3 Å². The molecule has 2 aromatic carbocycles. The van der Waals surface area contributed by atoms with E-state index < -0.39 is 0 Å². The molecule has 0 saturated heterocycles. The Morgan fingerprint density at radius 3 is 2.52 bits per heavy atom.